The zero-order valence-corrected chi connectivity index (χ0v) is 13.4. The highest BCUT2D eigenvalue weighted by Gasteiger charge is 2.29. The van der Waals surface area contributed by atoms with E-state index in [1.807, 2.05) is 0 Å². The summed E-state index contributed by atoms with van der Waals surface area (Å²) in [6.07, 6.45) is 0. The van der Waals surface area contributed by atoms with E-state index < -0.39 is 51.7 Å². The molecule has 1 aromatic carbocycles. The number of nitrogens with zero attached hydrogens (tertiary/aromatic N) is 1. The molecule has 20 heavy (non-hydrogen) atoms. The number of sulfone groups is 1. The first-order valence-electron chi connectivity index (χ1n) is 4.72. The van der Waals surface area contributed by atoms with Crippen molar-refractivity contribution in [3.8, 4) is 0 Å². The second-order valence-electron chi connectivity index (χ2n) is 3.55. The van der Waals surface area contributed by atoms with Gasteiger partial charge in [0, 0.05) is 10.7 Å². The number of hydrogen-bond donors (Lipinski definition) is 0. The number of halogens is 3. The van der Waals surface area contributed by atoms with E-state index in [0.29, 0.717) is 12.1 Å². The molecule has 1 aromatic rings. The zero-order chi connectivity index (χ0) is 15.7. The highest BCUT2D eigenvalue weighted by molar-refractivity contribution is 9.10. The van der Waals surface area contributed by atoms with Crippen molar-refractivity contribution in [2.24, 2.45) is 0 Å². The first-order valence-corrected chi connectivity index (χ1v) is 9.65. The molecule has 0 N–H and O–H groups in total. The summed E-state index contributed by atoms with van der Waals surface area (Å²) in [6, 6.07) is 1.15. The number of benzene rings is 1. The van der Waals surface area contributed by atoms with E-state index in [9.17, 15) is 31.3 Å². The summed E-state index contributed by atoms with van der Waals surface area (Å²) in [5.41, 5.74) is -0.974. The van der Waals surface area contributed by atoms with Gasteiger partial charge >= 0.3 is 0 Å². The molecule has 0 atom stereocenters. The maximum atomic E-state index is 13.2. The van der Waals surface area contributed by atoms with Crippen LogP contribution in [0.1, 0.15) is 0 Å². The van der Waals surface area contributed by atoms with Crippen molar-refractivity contribution in [2.45, 2.75) is 4.90 Å². The Labute approximate surface area is 126 Å². The molecule has 1 rings (SSSR count). The molecule has 0 fully saturated rings. The van der Waals surface area contributed by atoms with Gasteiger partial charge in [0.25, 0.3) is 5.69 Å². The van der Waals surface area contributed by atoms with E-state index in [-0.39, 0.29) is 4.47 Å². The normalized spacial score (nSPS) is 12.3. The maximum Gasteiger partial charge on any atom is 0.290 e. The third-order valence-corrected chi connectivity index (χ3v) is 5.89. The quantitative estimate of drug-likeness (QED) is 0.317. The summed E-state index contributed by atoms with van der Waals surface area (Å²) in [4.78, 5) is 8.89. The SMILES string of the molecule is O=[N+]([O-])c1cc(F)c(Br)cc1S(=O)(=O)CCS(=O)(=O)Cl. The molecule has 0 amide bonds. The highest BCUT2D eigenvalue weighted by atomic mass is 79.9. The first-order chi connectivity index (χ1) is 8.94. The van der Waals surface area contributed by atoms with E-state index in [4.69, 9.17) is 10.7 Å². The van der Waals surface area contributed by atoms with Gasteiger partial charge in [0.05, 0.1) is 27.0 Å². The predicted molar refractivity (Wildman–Crippen MR) is 72.4 cm³/mol. The van der Waals surface area contributed by atoms with Crippen LogP contribution in [0.15, 0.2) is 21.5 Å². The Kier molecular flexibility index (Phi) is 5.11. The molecule has 0 spiro atoms. The maximum absolute atomic E-state index is 13.2. The minimum Gasteiger partial charge on any atom is -0.258 e. The molecular formula is C8H6BrClFNO6S2. The molecule has 0 aromatic heterocycles. The van der Waals surface area contributed by atoms with Gasteiger partial charge in [0.1, 0.15) is 10.7 Å². The average molecular weight is 411 g/mol. The molecule has 7 nitrogen and oxygen atoms in total. The van der Waals surface area contributed by atoms with Crippen molar-refractivity contribution >= 4 is 51.2 Å². The lowest BCUT2D eigenvalue weighted by molar-refractivity contribution is -0.388. The van der Waals surface area contributed by atoms with E-state index in [2.05, 4.69) is 15.9 Å². The fourth-order valence-electron chi connectivity index (χ4n) is 1.23. The van der Waals surface area contributed by atoms with Gasteiger partial charge in [0.2, 0.25) is 9.05 Å². The largest absolute Gasteiger partial charge is 0.290 e. The second-order valence-corrected chi connectivity index (χ2v) is 9.38. The van der Waals surface area contributed by atoms with Gasteiger partial charge in [-0.25, -0.2) is 21.2 Å². The number of hydrogen-bond acceptors (Lipinski definition) is 6. The third-order valence-electron chi connectivity index (χ3n) is 2.13. The summed E-state index contributed by atoms with van der Waals surface area (Å²) < 4.78 is 58.2. The molecular weight excluding hydrogens is 405 g/mol. The Bertz CT molecular complexity index is 763. The second kappa shape index (κ2) is 5.92. The Morgan fingerprint density at radius 1 is 1.25 bits per heavy atom. The van der Waals surface area contributed by atoms with Crippen LogP contribution in [0.3, 0.4) is 0 Å². The molecule has 0 bridgehead atoms. The highest BCUT2D eigenvalue weighted by Crippen LogP contribution is 2.30. The Morgan fingerprint density at radius 3 is 2.25 bits per heavy atom. The van der Waals surface area contributed by atoms with E-state index in [1.165, 1.54) is 0 Å². The van der Waals surface area contributed by atoms with Crippen LogP contribution in [0.25, 0.3) is 0 Å². The van der Waals surface area contributed by atoms with Gasteiger partial charge in [-0.15, -0.1) is 0 Å². The molecule has 12 heteroatoms. The lowest BCUT2D eigenvalue weighted by atomic mass is 10.3. The summed E-state index contributed by atoms with van der Waals surface area (Å²) in [5.74, 6) is -2.87. The van der Waals surface area contributed by atoms with Gasteiger partial charge in [-0.2, -0.15) is 0 Å². The molecule has 112 valence electrons. The minimum atomic E-state index is -4.31. The van der Waals surface area contributed by atoms with Gasteiger partial charge in [-0.1, -0.05) is 0 Å². The van der Waals surface area contributed by atoms with Gasteiger partial charge < -0.3 is 0 Å². The van der Waals surface area contributed by atoms with E-state index in [1.54, 1.807) is 0 Å². The van der Waals surface area contributed by atoms with Crippen LogP contribution in [0.2, 0.25) is 0 Å². The Morgan fingerprint density at radius 2 is 1.80 bits per heavy atom. The van der Waals surface area contributed by atoms with Crippen LogP contribution in [-0.4, -0.2) is 33.3 Å². The molecule has 0 saturated heterocycles. The van der Waals surface area contributed by atoms with Gasteiger partial charge in [0.15, 0.2) is 9.84 Å². The molecule has 0 unspecified atom stereocenters. The van der Waals surface area contributed by atoms with Crippen molar-refractivity contribution in [1.82, 2.24) is 0 Å². The summed E-state index contributed by atoms with van der Waals surface area (Å²) in [5, 5.41) is 10.7. The predicted octanol–water partition coefficient (Wildman–Crippen LogP) is 1.84. The Balaban J connectivity index is 3.37. The number of rotatable bonds is 5. The summed E-state index contributed by atoms with van der Waals surface area (Å²) >= 11 is 2.71. The zero-order valence-electron chi connectivity index (χ0n) is 9.42. The Hall–Kier alpha value is -0.780. The summed E-state index contributed by atoms with van der Waals surface area (Å²) in [7, 11) is -3.50. The van der Waals surface area contributed by atoms with Crippen LogP contribution >= 0.6 is 26.6 Å². The number of nitro groups is 1. The molecule has 0 heterocycles. The van der Waals surface area contributed by atoms with Crippen LogP contribution < -0.4 is 0 Å². The number of nitro benzene ring substituents is 1. The lowest BCUT2D eigenvalue weighted by Crippen LogP contribution is -2.15. The van der Waals surface area contributed by atoms with Crippen LogP contribution in [0, 0.1) is 15.9 Å². The fourth-order valence-corrected chi connectivity index (χ4v) is 4.93. The standard InChI is InChI=1S/C8H6BrClFNO6S2/c9-5-3-8(7(12(13)14)4-6(5)11)19(15,16)1-2-20(10,17)18/h3-4H,1-2H2. The molecule has 0 saturated carbocycles. The molecule has 0 aliphatic rings. The van der Waals surface area contributed by atoms with Crippen LogP contribution in [0.4, 0.5) is 10.1 Å². The molecule has 0 aliphatic carbocycles. The van der Waals surface area contributed by atoms with E-state index >= 15 is 0 Å². The van der Waals surface area contributed by atoms with E-state index in [0.717, 1.165) is 0 Å². The van der Waals surface area contributed by atoms with Gasteiger partial charge in [-0.05, 0) is 22.0 Å². The monoisotopic (exact) mass is 409 g/mol. The average Bonchev–Trinajstić information content (AvgIpc) is 2.28. The molecule has 0 aliphatic heterocycles. The first kappa shape index (κ1) is 17.3. The fraction of sp³-hybridized carbons (Fsp3) is 0.250. The van der Waals surface area contributed by atoms with Crippen molar-refractivity contribution in [3.63, 3.8) is 0 Å². The van der Waals surface area contributed by atoms with Crippen molar-refractivity contribution in [3.05, 3.63) is 32.5 Å². The van der Waals surface area contributed by atoms with Crippen LogP contribution in [-0.2, 0) is 18.9 Å². The minimum absolute atomic E-state index is 0.296. The third kappa shape index (κ3) is 4.36. The molecule has 0 radical (unpaired) electrons. The smallest absolute Gasteiger partial charge is 0.258 e. The summed E-state index contributed by atoms with van der Waals surface area (Å²) in [6.45, 7) is 0. The van der Waals surface area contributed by atoms with Gasteiger partial charge in [-0.3, -0.25) is 10.1 Å². The van der Waals surface area contributed by atoms with Crippen molar-refractivity contribution in [2.75, 3.05) is 11.5 Å². The topological polar surface area (TPSA) is 111 Å². The van der Waals surface area contributed by atoms with Crippen LogP contribution in [0.5, 0.6) is 0 Å². The lowest BCUT2D eigenvalue weighted by Gasteiger charge is -2.05. The van der Waals surface area contributed by atoms with Crippen molar-refractivity contribution < 1.29 is 26.1 Å². The van der Waals surface area contributed by atoms with Crippen molar-refractivity contribution in [1.29, 1.82) is 0 Å².